The van der Waals surface area contributed by atoms with Crippen molar-refractivity contribution in [3.05, 3.63) is 30.3 Å². The van der Waals surface area contributed by atoms with E-state index in [9.17, 15) is 5.11 Å². The normalized spacial score (nSPS) is 30.7. The Balaban J connectivity index is 1.92. The van der Waals surface area contributed by atoms with E-state index in [1.807, 2.05) is 30.3 Å². The highest BCUT2D eigenvalue weighted by molar-refractivity contribution is 7.99. The molecule has 2 rings (SSSR count). The average Bonchev–Trinajstić information content (AvgIpc) is 2.60. The van der Waals surface area contributed by atoms with E-state index in [4.69, 9.17) is 9.84 Å². The summed E-state index contributed by atoms with van der Waals surface area (Å²) in [5.41, 5.74) is -0.0560. The number of ether oxygens (including phenoxy) is 1. The van der Waals surface area contributed by atoms with Gasteiger partial charge in [0.15, 0.2) is 0 Å². The summed E-state index contributed by atoms with van der Waals surface area (Å²) < 4.78 is 5.49. The average molecular weight is 226 g/mol. The van der Waals surface area contributed by atoms with Gasteiger partial charge in [0.05, 0.1) is 12.7 Å². The fourth-order valence-electron chi connectivity index (χ4n) is 1.58. The lowest BCUT2D eigenvalue weighted by Gasteiger charge is -2.11. The maximum Gasteiger partial charge on any atom is 0.110 e. The molecule has 0 bridgehead atoms. The minimum Gasteiger partial charge on any atom is -0.394 e. The van der Waals surface area contributed by atoms with E-state index in [2.05, 4.69) is 0 Å². The lowest BCUT2D eigenvalue weighted by molar-refractivity contribution is -0.00249. The van der Waals surface area contributed by atoms with Gasteiger partial charge in [-0.2, -0.15) is 0 Å². The molecule has 1 heterocycles. The maximum absolute atomic E-state index is 9.54. The Labute approximate surface area is 93.1 Å². The molecule has 1 aliphatic rings. The monoisotopic (exact) mass is 226 g/mol. The van der Waals surface area contributed by atoms with E-state index in [1.54, 1.807) is 11.8 Å². The molecule has 2 N–H and O–H groups in total. The lowest BCUT2D eigenvalue weighted by atomic mass is 10.2. The fraction of sp³-hybridized carbons (Fsp3) is 0.455. The minimum absolute atomic E-state index is 0.0560. The molecule has 15 heavy (non-hydrogen) atoms. The number of aliphatic hydroxyl groups is 2. The van der Waals surface area contributed by atoms with Gasteiger partial charge in [-0.05, 0) is 12.1 Å². The molecule has 1 aromatic carbocycles. The Kier molecular flexibility index (Phi) is 3.64. The molecule has 82 valence electrons. The molecular formula is C11H14O3S. The number of rotatable bonds is 3. The van der Waals surface area contributed by atoms with Gasteiger partial charge in [-0.1, -0.05) is 30.0 Å². The van der Waals surface area contributed by atoms with Crippen LogP contribution in [0.25, 0.3) is 0 Å². The van der Waals surface area contributed by atoms with Gasteiger partial charge in [-0.25, -0.2) is 0 Å². The standard InChI is InChI=1S/C11H14O3S/c12-7-10-9(13)6-11(14-10)15-8-4-2-1-3-5-8/h1-5,9-13H,6-7H2/t9-,10+,11?/m0/s1. The zero-order valence-electron chi connectivity index (χ0n) is 8.24. The van der Waals surface area contributed by atoms with Crippen molar-refractivity contribution in [2.75, 3.05) is 6.61 Å². The summed E-state index contributed by atoms with van der Waals surface area (Å²) in [5, 5.41) is 18.5. The molecule has 3 nitrogen and oxygen atoms in total. The predicted octanol–water partition coefficient (Wildman–Crippen LogP) is 1.25. The molecule has 0 aliphatic carbocycles. The van der Waals surface area contributed by atoms with E-state index < -0.39 is 12.2 Å². The van der Waals surface area contributed by atoms with Crippen LogP contribution < -0.4 is 0 Å². The molecule has 0 saturated carbocycles. The molecule has 0 radical (unpaired) electrons. The summed E-state index contributed by atoms with van der Waals surface area (Å²) in [6, 6.07) is 9.92. The van der Waals surface area contributed by atoms with Crippen LogP contribution in [-0.2, 0) is 4.74 Å². The molecule has 0 aromatic heterocycles. The van der Waals surface area contributed by atoms with E-state index in [0.717, 1.165) is 4.90 Å². The van der Waals surface area contributed by atoms with Crippen molar-refractivity contribution in [3.63, 3.8) is 0 Å². The third kappa shape index (κ3) is 2.72. The second kappa shape index (κ2) is 4.99. The molecule has 1 aliphatic heterocycles. The van der Waals surface area contributed by atoms with Crippen molar-refractivity contribution in [3.8, 4) is 0 Å². The summed E-state index contributed by atoms with van der Waals surface area (Å²) in [7, 11) is 0. The second-order valence-electron chi connectivity index (χ2n) is 3.52. The lowest BCUT2D eigenvalue weighted by Crippen LogP contribution is -2.24. The zero-order valence-corrected chi connectivity index (χ0v) is 9.06. The van der Waals surface area contributed by atoms with E-state index in [0.29, 0.717) is 6.42 Å². The molecule has 1 fully saturated rings. The Bertz CT molecular complexity index is 304. The quantitative estimate of drug-likeness (QED) is 0.814. The maximum atomic E-state index is 9.54. The topological polar surface area (TPSA) is 49.7 Å². The van der Waals surface area contributed by atoms with Crippen molar-refractivity contribution >= 4 is 11.8 Å². The molecule has 0 amide bonds. The van der Waals surface area contributed by atoms with Crippen molar-refractivity contribution in [2.45, 2.75) is 29.0 Å². The third-order valence-electron chi connectivity index (χ3n) is 2.38. The molecule has 4 heteroatoms. The SMILES string of the molecule is OC[C@H]1OC(Sc2ccccc2)C[C@@H]1O. The minimum atomic E-state index is -0.545. The molecule has 1 unspecified atom stereocenters. The van der Waals surface area contributed by atoms with Gasteiger partial charge in [0.2, 0.25) is 0 Å². The number of hydrogen-bond acceptors (Lipinski definition) is 4. The number of aliphatic hydroxyl groups excluding tert-OH is 2. The van der Waals surface area contributed by atoms with Gasteiger partial charge >= 0.3 is 0 Å². The summed E-state index contributed by atoms with van der Waals surface area (Å²) in [6.07, 6.45) is -0.396. The van der Waals surface area contributed by atoms with Crippen molar-refractivity contribution < 1.29 is 14.9 Å². The molecule has 1 saturated heterocycles. The van der Waals surface area contributed by atoms with Crippen LogP contribution in [0.5, 0.6) is 0 Å². The second-order valence-corrected chi connectivity index (χ2v) is 4.75. The molecular weight excluding hydrogens is 212 g/mol. The highest BCUT2D eigenvalue weighted by Gasteiger charge is 2.33. The largest absolute Gasteiger partial charge is 0.394 e. The van der Waals surface area contributed by atoms with Crippen LogP contribution >= 0.6 is 11.8 Å². The number of benzene rings is 1. The Hall–Kier alpha value is -0.550. The van der Waals surface area contributed by atoms with E-state index in [-0.39, 0.29) is 12.0 Å². The van der Waals surface area contributed by atoms with Gasteiger partial charge in [0.1, 0.15) is 11.5 Å². The number of hydrogen-bond donors (Lipinski definition) is 2. The predicted molar refractivity (Wildman–Crippen MR) is 58.7 cm³/mol. The highest BCUT2D eigenvalue weighted by atomic mass is 32.2. The van der Waals surface area contributed by atoms with Crippen molar-refractivity contribution in [1.82, 2.24) is 0 Å². The van der Waals surface area contributed by atoms with Gasteiger partial charge in [-0.3, -0.25) is 0 Å². The smallest absolute Gasteiger partial charge is 0.110 e. The van der Waals surface area contributed by atoms with Crippen LogP contribution in [0.3, 0.4) is 0 Å². The van der Waals surface area contributed by atoms with Crippen molar-refractivity contribution in [2.24, 2.45) is 0 Å². The first kappa shape index (κ1) is 11.0. The first-order chi connectivity index (χ1) is 7.29. The van der Waals surface area contributed by atoms with Gasteiger partial charge in [0.25, 0.3) is 0 Å². The zero-order chi connectivity index (χ0) is 10.7. The molecule has 0 spiro atoms. The van der Waals surface area contributed by atoms with Gasteiger partial charge in [0, 0.05) is 11.3 Å². The first-order valence-corrected chi connectivity index (χ1v) is 5.83. The number of thioether (sulfide) groups is 1. The van der Waals surface area contributed by atoms with E-state index >= 15 is 0 Å². The Morgan fingerprint density at radius 3 is 2.67 bits per heavy atom. The highest BCUT2D eigenvalue weighted by Crippen LogP contribution is 2.33. The molecule has 1 aromatic rings. The van der Waals surface area contributed by atoms with Crippen LogP contribution in [0, 0.1) is 0 Å². The van der Waals surface area contributed by atoms with Crippen LogP contribution in [0.4, 0.5) is 0 Å². The third-order valence-corrected chi connectivity index (χ3v) is 3.49. The molecule has 3 atom stereocenters. The Morgan fingerprint density at radius 1 is 1.33 bits per heavy atom. The summed E-state index contributed by atoms with van der Waals surface area (Å²) >= 11 is 1.58. The summed E-state index contributed by atoms with van der Waals surface area (Å²) in [5.74, 6) is 0. The van der Waals surface area contributed by atoms with Crippen LogP contribution in [-0.4, -0.2) is 34.5 Å². The summed E-state index contributed by atoms with van der Waals surface area (Å²) in [6.45, 7) is -0.118. The first-order valence-electron chi connectivity index (χ1n) is 4.95. The van der Waals surface area contributed by atoms with Crippen LogP contribution in [0.1, 0.15) is 6.42 Å². The van der Waals surface area contributed by atoms with E-state index in [1.165, 1.54) is 0 Å². The van der Waals surface area contributed by atoms with Gasteiger partial charge < -0.3 is 14.9 Å². The van der Waals surface area contributed by atoms with Crippen LogP contribution in [0.15, 0.2) is 35.2 Å². The van der Waals surface area contributed by atoms with Gasteiger partial charge in [-0.15, -0.1) is 0 Å². The van der Waals surface area contributed by atoms with Crippen molar-refractivity contribution in [1.29, 1.82) is 0 Å². The summed E-state index contributed by atoms with van der Waals surface area (Å²) in [4.78, 5) is 1.12. The fourth-order valence-corrected chi connectivity index (χ4v) is 2.69. The van der Waals surface area contributed by atoms with Crippen LogP contribution in [0.2, 0.25) is 0 Å². The Morgan fingerprint density at radius 2 is 2.07 bits per heavy atom.